The average molecular weight is 245 g/mol. The van der Waals surface area contributed by atoms with E-state index in [0.29, 0.717) is 0 Å². The molecule has 1 unspecified atom stereocenters. The summed E-state index contributed by atoms with van der Waals surface area (Å²) in [4.78, 5) is 24.8. The summed E-state index contributed by atoms with van der Waals surface area (Å²) in [5, 5.41) is 11.0. The molecule has 1 aromatic rings. The Kier molecular flexibility index (Phi) is 4.05. The molecule has 0 aliphatic carbocycles. The standard InChI is InChI=1S/C9H9F2N3O3/c10-6-4(1-2-13-7(6)11)9(17)14-3-5(15)8(12)16/h1-2,5,15H,3H2,(H2,12,16)(H,14,17). The minimum Gasteiger partial charge on any atom is -0.381 e. The smallest absolute Gasteiger partial charge is 0.254 e. The molecule has 0 spiro atoms. The fraction of sp³-hybridized carbons (Fsp3) is 0.222. The van der Waals surface area contributed by atoms with Crippen LogP contribution in [0, 0.1) is 11.8 Å². The van der Waals surface area contributed by atoms with Gasteiger partial charge in [-0.05, 0) is 6.07 Å². The Labute approximate surface area is 94.4 Å². The van der Waals surface area contributed by atoms with Crippen LogP contribution < -0.4 is 11.1 Å². The molecule has 1 aromatic heterocycles. The van der Waals surface area contributed by atoms with Crippen molar-refractivity contribution in [2.24, 2.45) is 5.73 Å². The van der Waals surface area contributed by atoms with Crippen molar-refractivity contribution in [2.75, 3.05) is 6.54 Å². The maximum atomic E-state index is 13.1. The molecule has 0 radical (unpaired) electrons. The lowest BCUT2D eigenvalue weighted by Crippen LogP contribution is -2.40. The Morgan fingerprint density at radius 1 is 1.53 bits per heavy atom. The Balaban J connectivity index is 2.71. The van der Waals surface area contributed by atoms with Crippen LogP contribution in [0.5, 0.6) is 0 Å². The number of carbonyl (C=O) groups excluding carboxylic acids is 2. The number of nitrogens with two attached hydrogens (primary N) is 1. The summed E-state index contributed by atoms with van der Waals surface area (Å²) in [6.07, 6.45) is -0.675. The van der Waals surface area contributed by atoms with Crippen molar-refractivity contribution in [3.8, 4) is 0 Å². The van der Waals surface area contributed by atoms with E-state index in [1.165, 1.54) is 0 Å². The largest absolute Gasteiger partial charge is 0.381 e. The van der Waals surface area contributed by atoms with E-state index in [0.717, 1.165) is 12.3 Å². The highest BCUT2D eigenvalue weighted by atomic mass is 19.2. The first-order chi connectivity index (χ1) is 7.93. The van der Waals surface area contributed by atoms with E-state index >= 15 is 0 Å². The summed E-state index contributed by atoms with van der Waals surface area (Å²) in [5.41, 5.74) is 4.16. The van der Waals surface area contributed by atoms with Gasteiger partial charge >= 0.3 is 0 Å². The van der Waals surface area contributed by atoms with Crippen LogP contribution in [-0.2, 0) is 4.79 Å². The molecule has 92 valence electrons. The molecule has 0 fully saturated rings. The van der Waals surface area contributed by atoms with Crippen molar-refractivity contribution >= 4 is 11.8 Å². The minimum absolute atomic E-state index is 0.489. The monoisotopic (exact) mass is 245 g/mol. The van der Waals surface area contributed by atoms with Gasteiger partial charge in [-0.3, -0.25) is 9.59 Å². The Morgan fingerprint density at radius 2 is 2.18 bits per heavy atom. The maximum absolute atomic E-state index is 13.1. The molecule has 0 bridgehead atoms. The lowest BCUT2D eigenvalue weighted by molar-refractivity contribution is -0.125. The highest BCUT2D eigenvalue weighted by Crippen LogP contribution is 2.08. The molecular weight excluding hydrogens is 236 g/mol. The number of aliphatic hydroxyl groups excluding tert-OH is 1. The zero-order valence-corrected chi connectivity index (χ0v) is 8.48. The second-order valence-electron chi connectivity index (χ2n) is 3.09. The van der Waals surface area contributed by atoms with Crippen LogP contribution in [0.4, 0.5) is 8.78 Å². The summed E-state index contributed by atoms with van der Waals surface area (Å²) in [5.74, 6) is -4.83. The second kappa shape index (κ2) is 5.30. The molecule has 1 rings (SSSR count). The predicted molar refractivity (Wildman–Crippen MR) is 51.7 cm³/mol. The minimum atomic E-state index is -1.59. The highest BCUT2D eigenvalue weighted by molar-refractivity contribution is 5.94. The number of amides is 2. The van der Waals surface area contributed by atoms with Crippen molar-refractivity contribution in [1.82, 2.24) is 10.3 Å². The van der Waals surface area contributed by atoms with Gasteiger partial charge in [0, 0.05) is 6.20 Å². The lowest BCUT2D eigenvalue weighted by Gasteiger charge is -2.08. The number of pyridine rings is 1. The van der Waals surface area contributed by atoms with Gasteiger partial charge in [0.2, 0.25) is 11.9 Å². The number of carbonyl (C=O) groups is 2. The molecule has 8 heteroatoms. The fourth-order valence-electron chi connectivity index (χ4n) is 0.979. The van der Waals surface area contributed by atoms with Crippen LogP contribution in [0.25, 0.3) is 0 Å². The molecule has 1 heterocycles. The van der Waals surface area contributed by atoms with E-state index in [9.17, 15) is 18.4 Å². The number of nitrogens with zero attached hydrogens (tertiary/aromatic N) is 1. The first kappa shape index (κ1) is 13.0. The first-order valence-corrected chi connectivity index (χ1v) is 4.49. The van der Waals surface area contributed by atoms with Gasteiger partial charge in [0.1, 0.15) is 6.10 Å². The summed E-state index contributed by atoms with van der Waals surface area (Å²) in [6, 6.07) is 0.963. The SMILES string of the molecule is NC(=O)C(O)CNC(=O)c1ccnc(F)c1F. The van der Waals surface area contributed by atoms with Gasteiger partial charge in [0.15, 0.2) is 5.82 Å². The van der Waals surface area contributed by atoms with E-state index in [1.54, 1.807) is 0 Å². The van der Waals surface area contributed by atoms with E-state index in [1.807, 2.05) is 5.32 Å². The number of hydrogen-bond donors (Lipinski definition) is 3. The topological polar surface area (TPSA) is 105 Å². The molecule has 0 aromatic carbocycles. The number of primary amides is 1. The summed E-state index contributed by atoms with van der Waals surface area (Å²) in [6.45, 7) is -0.489. The van der Waals surface area contributed by atoms with Gasteiger partial charge in [-0.15, -0.1) is 0 Å². The Hall–Kier alpha value is -2.09. The van der Waals surface area contributed by atoms with Gasteiger partial charge in [-0.2, -0.15) is 4.39 Å². The van der Waals surface area contributed by atoms with Crippen LogP contribution in [0.3, 0.4) is 0 Å². The van der Waals surface area contributed by atoms with Gasteiger partial charge in [-0.1, -0.05) is 0 Å². The molecule has 4 N–H and O–H groups in total. The number of aliphatic hydroxyl groups is 1. The van der Waals surface area contributed by atoms with Crippen molar-refractivity contribution in [1.29, 1.82) is 0 Å². The van der Waals surface area contributed by atoms with Gasteiger partial charge < -0.3 is 16.2 Å². The van der Waals surface area contributed by atoms with Crippen molar-refractivity contribution < 1.29 is 23.5 Å². The van der Waals surface area contributed by atoms with Gasteiger partial charge in [-0.25, -0.2) is 9.37 Å². The van der Waals surface area contributed by atoms with Crippen LogP contribution in [0.2, 0.25) is 0 Å². The van der Waals surface area contributed by atoms with E-state index in [4.69, 9.17) is 10.8 Å². The van der Waals surface area contributed by atoms with E-state index in [2.05, 4.69) is 4.98 Å². The van der Waals surface area contributed by atoms with Crippen LogP contribution in [0.15, 0.2) is 12.3 Å². The molecule has 0 aliphatic heterocycles. The molecule has 1 atom stereocenters. The summed E-state index contributed by atoms with van der Waals surface area (Å²) in [7, 11) is 0. The molecule has 0 saturated carbocycles. The third kappa shape index (κ3) is 3.18. The van der Waals surface area contributed by atoms with E-state index < -0.39 is 41.8 Å². The van der Waals surface area contributed by atoms with Crippen molar-refractivity contribution in [3.63, 3.8) is 0 Å². The predicted octanol–water partition coefficient (Wildman–Crippen LogP) is -1.06. The Morgan fingerprint density at radius 3 is 2.76 bits per heavy atom. The second-order valence-corrected chi connectivity index (χ2v) is 3.09. The number of hydrogen-bond acceptors (Lipinski definition) is 4. The zero-order valence-electron chi connectivity index (χ0n) is 8.48. The third-order valence-electron chi connectivity index (χ3n) is 1.88. The molecule has 17 heavy (non-hydrogen) atoms. The van der Waals surface area contributed by atoms with Crippen molar-refractivity contribution in [3.05, 3.63) is 29.6 Å². The molecule has 2 amide bonds. The van der Waals surface area contributed by atoms with E-state index in [-0.39, 0.29) is 0 Å². The number of halogens is 2. The van der Waals surface area contributed by atoms with Crippen LogP contribution in [-0.4, -0.2) is 34.6 Å². The third-order valence-corrected chi connectivity index (χ3v) is 1.88. The van der Waals surface area contributed by atoms with Crippen molar-refractivity contribution in [2.45, 2.75) is 6.10 Å². The summed E-state index contributed by atoms with van der Waals surface area (Å²) < 4.78 is 25.8. The number of nitrogens with one attached hydrogen (secondary N) is 1. The molecule has 6 nitrogen and oxygen atoms in total. The summed E-state index contributed by atoms with van der Waals surface area (Å²) >= 11 is 0. The average Bonchev–Trinajstić information content (AvgIpc) is 2.29. The number of rotatable bonds is 4. The first-order valence-electron chi connectivity index (χ1n) is 4.49. The molecular formula is C9H9F2N3O3. The van der Waals surface area contributed by atoms with Gasteiger partial charge in [0.05, 0.1) is 12.1 Å². The fourth-order valence-corrected chi connectivity index (χ4v) is 0.979. The number of aromatic nitrogens is 1. The molecule has 0 aliphatic rings. The maximum Gasteiger partial charge on any atom is 0.254 e. The highest BCUT2D eigenvalue weighted by Gasteiger charge is 2.18. The molecule has 0 saturated heterocycles. The normalized spacial score (nSPS) is 11.9. The Bertz CT molecular complexity index is 453. The van der Waals surface area contributed by atoms with Crippen LogP contribution >= 0.6 is 0 Å². The lowest BCUT2D eigenvalue weighted by atomic mass is 10.2. The quantitative estimate of drug-likeness (QED) is 0.587. The van der Waals surface area contributed by atoms with Crippen LogP contribution in [0.1, 0.15) is 10.4 Å². The zero-order chi connectivity index (χ0) is 13.0. The van der Waals surface area contributed by atoms with Gasteiger partial charge in [0.25, 0.3) is 5.91 Å².